The molecule has 0 aromatic heterocycles. The minimum atomic E-state index is -3.93. The third-order valence-corrected chi connectivity index (χ3v) is 1.78. The van der Waals surface area contributed by atoms with Crippen LogP contribution in [0.5, 0.6) is 0 Å². The van der Waals surface area contributed by atoms with E-state index in [0.29, 0.717) is 6.61 Å². The molecule has 0 fully saturated rings. The van der Waals surface area contributed by atoms with Gasteiger partial charge in [0.15, 0.2) is 0 Å². The Morgan fingerprint density at radius 2 is 1.50 bits per heavy atom. The van der Waals surface area contributed by atoms with Crippen LogP contribution < -0.4 is 0 Å². The summed E-state index contributed by atoms with van der Waals surface area (Å²) < 4.78 is 38.3. The Kier molecular flexibility index (Phi) is 12.7. The van der Waals surface area contributed by atoms with Crippen molar-refractivity contribution in [3.63, 3.8) is 0 Å². The predicted molar refractivity (Wildman–Crippen MR) is 50.9 cm³/mol. The van der Waals surface area contributed by atoms with Crippen LogP contribution in [0.2, 0.25) is 0 Å². The van der Waals surface area contributed by atoms with E-state index in [0.717, 1.165) is 0 Å². The molecule has 0 atom stereocenters. The first kappa shape index (κ1) is 17.2. The third kappa shape index (κ3) is 15.3. The molecule has 0 aromatic rings. The first-order valence-corrected chi connectivity index (χ1v) is 5.38. The van der Waals surface area contributed by atoms with Gasteiger partial charge in [0.2, 0.25) is 0 Å². The second-order valence-corrected chi connectivity index (χ2v) is 3.81. The summed E-state index contributed by atoms with van der Waals surface area (Å²) in [7, 11) is -3.93. The van der Waals surface area contributed by atoms with E-state index in [4.69, 9.17) is 19.1 Å². The van der Waals surface area contributed by atoms with Gasteiger partial charge in [-0.3, -0.25) is 4.55 Å². The smallest absolute Gasteiger partial charge is 0.267 e. The summed E-state index contributed by atoms with van der Waals surface area (Å²) in [6.07, 6.45) is 0. The van der Waals surface area contributed by atoms with E-state index in [1.807, 2.05) is 0 Å². The zero-order chi connectivity index (χ0) is 10.2. The molecule has 8 heteroatoms. The van der Waals surface area contributed by atoms with Crippen molar-refractivity contribution in [3.8, 4) is 0 Å². The largest absolute Gasteiger partial charge is 0.394 e. The molecule has 0 aromatic carbocycles. The van der Waals surface area contributed by atoms with Gasteiger partial charge in [-0.15, -0.1) is 0 Å². The van der Waals surface area contributed by atoms with E-state index in [-0.39, 0.29) is 56.0 Å². The standard InChI is InChI=1S/C6H14O6S.Na/c7-1-2-11-3-4-12-5-6-13(8,9)10;/h7H,1-6H2,(H,8,9,10);. The minimum Gasteiger partial charge on any atom is -0.394 e. The second kappa shape index (κ2) is 10.3. The first-order chi connectivity index (χ1) is 6.06. The van der Waals surface area contributed by atoms with Gasteiger partial charge < -0.3 is 14.6 Å². The molecule has 2 N–H and O–H groups in total. The summed E-state index contributed by atoms with van der Waals surface area (Å²) in [5, 5.41) is 8.30. The van der Waals surface area contributed by atoms with Crippen LogP contribution in [0.4, 0.5) is 0 Å². The van der Waals surface area contributed by atoms with Gasteiger partial charge in [-0.05, 0) is 0 Å². The molecule has 0 aliphatic rings. The zero-order valence-corrected chi connectivity index (χ0v) is 11.0. The molecule has 0 bridgehead atoms. The number of aliphatic hydroxyl groups excluding tert-OH is 1. The van der Waals surface area contributed by atoms with Gasteiger partial charge in [-0.2, -0.15) is 8.42 Å². The quantitative estimate of drug-likeness (QED) is 0.304. The maximum absolute atomic E-state index is 10.2. The van der Waals surface area contributed by atoms with Crippen LogP contribution in [0.25, 0.3) is 0 Å². The molecule has 81 valence electrons. The summed E-state index contributed by atoms with van der Waals surface area (Å²) in [6.45, 7) is 0.676. The molecule has 0 unspecified atom stereocenters. The molecule has 0 heterocycles. The van der Waals surface area contributed by atoms with Crippen molar-refractivity contribution in [2.75, 3.05) is 38.8 Å². The third-order valence-electron chi connectivity index (χ3n) is 1.09. The van der Waals surface area contributed by atoms with Crippen molar-refractivity contribution >= 4 is 39.7 Å². The van der Waals surface area contributed by atoms with Crippen molar-refractivity contribution in [1.82, 2.24) is 0 Å². The Morgan fingerprint density at radius 1 is 1.00 bits per heavy atom. The van der Waals surface area contributed by atoms with Crippen LogP contribution in [-0.2, 0) is 19.6 Å². The van der Waals surface area contributed by atoms with E-state index in [9.17, 15) is 8.42 Å². The maximum Gasteiger partial charge on any atom is 0.267 e. The Balaban J connectivity index is 0. The summed E-state index contributed by atoms with van der Waals surface area (Å²) in [6, 6.07) is 0. The predicted octanol–water partition coefficient (Wildman–Crippen LogP) is -1.48. The van der Waals surface area contributed by atoms with Gasteiger partial charge in [0.25, 0.3) is 10.1 Å². The molecule has 0 aliphatic carbocycles. The summed E-state index contributed by atoms with van der Waals surface area (Å²) >= 11 is 0. The van der Waals surface area contributed by atoms with Gasteiger partial charge >= 0.3 is 0 Å². The van der Waals surface area contributed by atoms with Crippen LogP contribution in [0.3, 0.4) is 0 Å². The second-order valence-electron chi connectivity index (χ2n) is 2.23. The molecular weight excluding hydrogens is 223 g/mol. The Bertz CT molecular complexity index is 204. The SMILES string of the molecule is O=S(=O)(O)CCOCCOCCO.[Na]. The molecule has 14 heavy (non-hydrogen) atoms. The molecule has 0 saturated carbocycles. The van der Waals surface area contributed by atoms with Crippen LogP contribution >= 0.6 is 0 Å². The first-order valence-electron chi connectivity index (χ1n) is 3.78. The topological polar surface area (TPSA) is 93.1 Å². The van der Waals surface area contributed by atoms with Crippen LogP contribution in [0, 0.1) is 0 Å². The summed E-state index contributed by atoms with van der Waals surface area (Å²) in [4.78, 5) is 0. The van der Waals surface area contributed by atoms with Crippen LogP contribution in [0.1, 0.15) is 0 Å². The normalized spacial score (nSPS) is 11.0. The fourth-order valence-corrected chi connectivity index (χ4v) is 0.879. The summed E-state index contributed by atoms with van der Waals surface area (Å²) in [5.41, 5.74) is 0. The van der Waals surface area contributed by atoms with E-state index >= 15 is 0 Å². The van der Waals surface area contributed by atoms with Gasteiger partial charge in [-0.25, -0.2) is 0 Å². The Labute approximate surface area is 106 Å². The monoisotopic (exact) mass is 237 g/mol. The van der Waals surface area contributed by atoms with E-state index < -0.39 is 15.9 Å². The van der Waals surface area contributed by atoms with Gasteiger partial charge in [0.05, 0.1) is 38.8 Å². The zero-order valence-electron chi connectivity index (χ0n) is 8.18. The van der Waals surface area contributed by atoms with Gasteiger partial charge in [-0.1, -0.05) is 0 Å². The molecule has 0 aliphatic heterocycles. The minimum absolute atomic E-state index is 0. The van der Waals surface area contributed by atoms with Crippen molar-refractivity contribution in [1.29, 1.82) is 0 Å². The van der Waals surface area contributed by atoms with Gasteiger partial charge in [0, 0.05) is 29.6 Å². The number of rotatable bonds is 8. The molecule has 0 saturated heterocycles. The molecule has 6 nitrogen and oxygen atoms in total. The van der Waals surface area contributed by atoms with Crippen LogP contribution in [-0.4, -0.2) is 86.4 Å². The molecule has 1 radical (unpaired) electrons. The fourth-order valence-electron chi connectivity index (χ4n) is 0.551. The van der Waals surface area contributed by atoms with Crippen LogP contribution in [0.15, 0.2) is 0 Å². The average Bonchev–Trinajstić information content (AvgIpc) is 2.01. The van der Waals surface area contributed by atoms with Crippen molar-refractivity contribution in [2.45, 2.75) is 0 Å². The number of hydrogen-bond donors (Lipinski definition) is 2. The molecule has 0 rings (SSSR count). The summed E-state index contributed by atoms with van der Waals surface area (Å²) in [5.74, 6) is -0.410. The van der Waals surface area contributed by atoms with E-state index in [1.165, 1.54) is 0 Å². The number of aliphatic hydroxyl groups is 1. The van der Waals surface area contributed by atoms with Gasteiger partial charge in [0.1, 0.15) is 0 Å². The molecular formula is C6H14NaO6S. The van der Waals surface area contributed by atoms with E-state index in [2.05, 4.69) is 0 Å². The fraction of sp³-hybridized carbons (Fsp3) is 1.00. The Hall–Kier alpha value is 0.790. The maximum atomic E-state index is 10.2. The molecule has 0 amide bonds. The van der Waals surface area contributed by atoms with Crippen molar-refractivity contribution in [2.24, 2.45) is 0 Å². The van der Waals surface area contributed by atoms with Crippen molar-refractivity contribution < 1.29 is 27.6 Å². The van der Waals surface area contributed by atoms with E-state index in [1.54, 1.807) is 0 Å². The Morgan fingerprint density at radius 3 is 1.93 bits per heavy atom. The average molecular weight is 237 g/mol. The number of hydrogen-bond acceptors (Lipinski definition) is 5. The number of ether oxygens (including phenoxy) is 2. The van der Waals surface area contributed by atoms with Crippen molar-refractivity contribution in [3.05, 3.63) is 0 Å². The molecule has 0 spiro atoms.